The van der Waals surface area contributed by atoms with Gasteiger partial charge in [-0.1, -0.05) is 17.7 Å². The van der Waals surface area contributed by atoms with Crippen molar-refractivity contribution in [1.29, 1.82) is 0 Å². The third-order valence-corrected chi connectivity index (χ3v) is 8.43. The Bertz CT molecular complexity index is 1100. The van der Waals surface area contributed by atoms with Crippen molar-refractivity contribution in [3.63, 3.8) is 0 Å². The fraction of sp³-hybridized carbons (Fsp3) is 0.500. The summed E-state index contributed by atoms with van der Waals surface area (Å²) in [5.41, 5.74) is 0.0763. The molecule has 0 amide bonds. The molecule has 7 aliphatic rings. The first-order chi connectivity index (χ1) is 14.5. The van der Waals surface area contributed by atoms with Crippen LogP contribution in [0.25, 0.3) is 0 Å². The smallest absolute Gasteiger partial charge is 0.198 e. The van der Waals surface area contributed by atoms with E-state index in [0.29, 0.717) is 30.8 Å². The number of hydrogen-bond donors (Lipinski definition) is 1. The Morgan fingerprint density at radius 3 is 2.68 bits per heavy atom. The number of phenolic OH excluding ortho intramolecular Hbond substituents is 1. The number of Topliss-reactive ketones (excluding diaryl/α,β-unsaturated/α-hetero) is 2. The molecule has 164 valence electrons. The summed E-state index contributed by atoms with van der Waals surface area (Å²) in [6.45, 7) is 5.96. The lowest BCUT2D eigenvalue weighted by Gasteiger charge is -2.56. The second kappa shape index (κ2) is 6.60. The molecule has 6 bridgehead atoms. The van der Waals surface area contributed by atoms with Gasteiger partial charge in [-0.2, -0.15) is 0 Å². The lowest BCUT2D eigenvalue weighted by Crippen LogP contribution is -2.72. The maximum Gasteiger partial charge on any atom is 0.198 e. The zero-order valence-corrected chi connectivity index (χ0v) is 19.2. The third kappa shape index (κ3) is 2.73. The number of hydrogen-bond acceptors (Lipinski definition) is 5. The van der Waals surface area contributed by atoms with Crippen LogP contribution in [0.3, 0.4) is 0 Å². The summed E-state index contributed by atoms with van der Waals surface area (Å²) in [4.78, 5) is 26.2. The Labute approximate surface area is 191 Å². The highest BCUT2D eigenvalue weighted by molar-refractivity contribution is 6.45. The number of ketones is 2. The van der Waals surface area contributed by atoms with E-state index in [-0.39, 0.29) is 29.7 Å². The van der Waals surface area contributed by atoms with E-state index in [9.17, 15) is 14.7 Å². The van der Waals surface area contributed by atoms with Gasteiger partial charge in [0.05, 0.1) is 16.5 Å². The van der Waals surface area contributed by atoms with Crippen LogP contribution in [0.15, 0.2) is 29.4 Å². The topological polar surface area (TPSA) is 72.8 Å². The summed E-state index contributed by atoms with van der Waals surface area (Å²) in [5.74, 6) is -0.755. The van der Waals surface area contributed by atoms with E-state index in [0.717, 1.165) is 11.1 Å². The Morgan fingerprint density at radius 2 is 1.94 bits per heavy atom. The minimum atomic E-state index is -1.72. The molecular weight excluding hydrogens is 439 g/mol. The molecule has 1 aromatic carbocycles. The fourth-order valence-corrected chi connectivity index (χ4v) is 5.95. The molecule has 7 heteroatoms. The van der Waals surface area contributed by atoms with E-state index < -0.39 is 33.0 Å². The Hall–Kier alpha value is -1.82. The molecular formula is C24H24Cl2O5. The number of phenols is 1. The first-order valence-corrected chi connectivity index (χ1v) is 11.3. The molecule has 3 atom stereocenters. The SMILES string of the molecule is C/C1=C/C[C@@]23OC(C)(C)[C@H](Cl)C[C@]2(Cl)C(=O)c2c(cc4c(c2O)C/C(=C/C1)CO4)C3=O. The van der Waals surface area contributed by atoms with Crippen LogP contribution in [0.2, 0.25) is 0 Å². The second-order valence-electron chi connectivity index (χ2n) is 9.57. The number of carbonyl (C=O) groups is 2. The van der Waals surface area contributed by atoms with Crippen LogP contribution in [-0.2, 0) is 11.2 Å². The van der Waals surface area contributed by atoms with Gasteiger partial charge in [0, 0.05) is 24.0 Å². The maximum absolute atomic E-state index is 14.1. The average Bonchev–Trinajstić information content (AvgIpc) is 2.73. The summed E-state index contributed by atoms with van der Waals surface area (Å²) in [6.07, 6.45) is 5.30. The predicted molar refractivity (Wildman–Crippen MR) is 118 cm³/mol. The molecule has 0 unspecified atom stereocenters. The summed E-state index contributed by atoms with van der Waals surface area (Å²) in [6, 6.07) is 1.57. The Balaban J connectivity index is 1.86. The zero-order chi connectivity index (χ0) is 22.3. The van der Waals surface area contributed by atoms with Gasteiger partial charge in [0.2, 0.25) is 0 Å². The fourth-order valence-electron chi connectivity index (χ4n) is 5.15. The number of fused-ring (bicyclic) bond motifs is 1. The quantitative estimate of drug-likeness (QED) is 0.438. The van der Waals surface area contributed by atoms with Gasteiger partial charge in [-0.05, 0) is 45.3 Å². The number of halogens is 2. The summed E-state index contributed by atoms with van der Waals surface area (Å²) in [7, 11) is 0. The first-order valence-electron chi connectivity index (χ1n) is 10.5. The number of alkyl halides is 2. The van der Waals surface area contributed by atoms with Gasteiger partial charge < -0.3 is 14.6 Å². The number of carbonyl (C=O) groups excluding carboxylic acids is 2. The van der Waals surface area contributed by atoms with E-state index in [4.69, 9.17) is 32.7 Å². The summed E-state index contributed by atoms with van der Waals surface area (Å²) < 4.78 is 12.3. The van der Waals surface area contributed by atoms with Crippen LogP contribution < -0.4 is 4.74 Å². The molecule has 3 aliphatic heterocycles. The van der Waals surface area contributed by atoms with Crippen LogP contribution in [0.5, 0.6) is 11.5 Å². The second-order valence-corrected chi connectivity index (χ2v) is 10.7. The predicted octanol–water partition coefficient (Wildman–Crippen LogP) is 4.90. The molecule has 0 radical (unpaired) electrons. The Kier molecular flexibility index (Phi) is 4.48. The van der Waals surface area contributed by atoms with Crippen molar-refractivity contribution >= 4 is 34.8 Å². The number of benzene rings is 1. The van der Waals surface area contributed by atoms with Gasteiger partial charge in [0.15, 0.2) is 17.2 Å². The highest BCUT2D eigenvalue weighted by Gasteiger charge is 2.70. The summed E-state index contributed by atoms with van der Waals surface area (Å²) >= 11 is 13.6. The van der Waals surface area contributed by atoms with Crippen molar-refractivity contribution in [3.05, 3.63) is 46.1 Å². The number of aromatic hydroxyl groups is 1. The molecule has 1 N–H and O–H groups in total. The van der Waals surface area contributed by atoms with E-state index in [2.05, 4.69) is 6.08 Å². The molecule has 3 heterocycles. The largest absolute Gasteiger partial charge is 0.507 e. The Morgan fingerprint density at radius 1 is 1.19 bits per heavy atom. The van der Waals surface area contributed by atoms with Gasteiger partial charge in [0.25, 0.3) is 0 Å². The summed E-state index contributed by atoms with van der Waals surface area (Å²) in [5, 5.41) is 10.5. The number of rotatable bonds is 0. The van der Waals surface area contributed by atoms with E-state index >= 15 is 0 Å². The van der Waals surface area contributed by atoms with Gasteiger partial charge in [-0.3, -0.25) is 9.59 Å². The first kappa shape index (κ1) is 21.0. The molecule has 31 heavy (non-hydrogen) atoms. The van der Waals surface area contributed by atoms with Crippen LogP contribution in [-0.4, -0.2) is 44.7 Å². The molecule has 0 saturated carbocycles. The highest BCUT2D eigenvalue weighted by Crippen LogP contribution is 2.57. The van der Waals surface area contributed by atoms with Gasteiger partial charge in [-0.15, -0.1) is 23.2 Å². The van der Waals surface area contributed by atoms with Gasteiger partial charge in [-0.25, -0.2) is 0 Å². The molecule has 1 spiro atoms. The molecule has 1 fully saturated rings. The van der Waals surface area contributed by atoms with Gasteiger partial charge >= 0.3 is 0 Å². The van der Waals surface area contributed by atoms with Crippen molar-refractivity contribution in [2.45, 2.75) is 67.9 Å². The van der Waals surface area contributed by atoms with E-state index in [1.54, 1.807) is 19.9 Å². The number of allylic oxidation sites excluding steroid dienone is 2. The number of ether oxygens (including phenoxy) is 2. The van der Waals surface area contributed by atoms with Crippen LogP contribution >= 0.6 is 23.2 Å². The maximum atomic E-state index is 14.1. The molecule has 1 saturated heterocycles. The monoisotopic (exact) mass is 462 g/mol. The van der Waals surface area contributed by atoms with Crippen molar-refractivity contribution in [2.75, 3.05) is 6.61 Å². The zero-order valence-electron chi connectivity index (χ0n) is 17.7. The lowest BCUT2D eigenvalue weighted by molar-refractivity contribution is -0.157. The molecule has 4 aliphatic carbocycles. The molecule has 1 aromatic rings. The van der Waals surface area contributed by atoms with E-state index in [1.165, 1.54) is 0 Å². The normalized spacial score (nSPS) is 37.0. The van der Waals surface area contributed by atoms with Crippen molar-refractivity contribution in [2.24, 2.45) is 0 Å². The minimum absolute atomic E-state index is 0.0497. The van der Waals surface area contributed by atoms with Crippen molar-refractivity contribution < 1.29 is 24.2 Å². The molecule has 5 nitrogen and oxygen atoms in total. The minimum Gasteiger partial charge on any atom is -0.507 e. The van der Waals surface area contributed by atoms with Crippen LogP contribution in [0.4, 0.5) is 0 Å². The molecule has 0 aromatic heterocycles. The third-order valence-electron chi connectivity index (χ3n) is 7.12. The standard InChI is InChI=1S/C24H24Cl2O5/c1-12-4-5-13-8-14-16(30-11-13)9-15-18(19(14)27)21(29)23(26)10-17(25)22(2,3)31-24(23,7-6-12)20(15)28/h5-6,9,17,27H,4,7-8,10-11H2,1-3H3/b12-6-,13-5-/t17-,23+,24+/m1/s1. The van der Waals surface area contributed by atoms with Crippen LogP contribution in [0, 0.1) is 0 Å². The van der Waals surface area contributed by atoms with Crippen molar-refractivity contribution in [3.8, 4) is 11.5 Å². The highest BCUT2D eigenvalue weighted by atomic mass is 35.5. The average molecular weight is 463 g/mol. The molecule has 8 rings (SSSR count). The van der Waals surface area contributed by atoms with Crippen LogP contribution in [0.1, 0.15) is 66.3 Å². The van der Waals surface area contributed by atoms with Gasteiger partial charge in [0.1, 0.15) is 23.0 Å². The lowest BCUT2D eigenvalue weighted by atomic mass is 9.63. The van der Waals surface area contributed by atoms with E-state index in [1.807, 2.05) is 13.0 Å². The van der Waals surface area contributed by atoms with Crippen molar-refractivity contribution in [1.82, 2.24) is 0 Å².